The van der Waals surface area contributed by atoms with Gasteiger partial charge in [0.05, 0.1) is 0 Å². The van der Waals surface area contributed by atoms with Gasteiger partial charge in [-0.2, -0.15) is 13.2 Å². The van der Waals surface area contributed by atoms with Crippen LogP contribution in [0.15, 0.2) is 17.0 Å². The number of hydrogen-bond donors (Lipinski definition) is 0. The predicted octanol–water partition coefficient (Wildman–Crippen LogP) is 3.26. The molecule has 174 valence electrons. The smallest absolute Gasteiger partial charge is 0.876 e. The molecule has 1 aliphatic heterocycles. The monoisotopic (exact) mass is 454 g/mol. The van der Waals surface area contributed by atoms with E-state index in [4.69, 9.17) is 0 Å². The maximum absolute atomic E-state index is 12.9. The number of carbonyl (C=O) groups is 1. The number of hydrogen-bond acceptors (Lipinski definition) is 3. The molecule has 8 heteroatoms. The van der Waals surface area contributed by atoms with Gasteiger partial charge in [0, 0.05) is 6.54 Å². The minimum atomic E-state index is -4.73. The van der Waals surface area contributed by atoms with Gasteiger partial charge in [-0.3, -0.25) is 9.69 Å². The van der Waals surface area contributed by atoms with E-state index in [9.17, 15) is 23.1 Å². The summed E-state index contributed by atoms with van der Waals surface area (Å²) in [4.78, 5) is 15.6. The van der Waals surface area contributed by atoms with Crippen molar-refractivity contribution in [3.05, 3.63) is 12.0 Å². The second-order valence-electron chi connectivity index (χ2n) is 8.20. The van der Waals surface area contributed by atoms with Gasteiger partial charge < -0.3 is 5.11 Å². The predicted molar refractivity (Wildman–Crippen MR) is 113 cm³/mol. The molecule has 4 nitrogen and oxygen atoms in total. The Bertz CT molecular complexity index is 551. The van der Waals surface area contributed by atoms with Gasteiger partial charge in [-0.05, 0) is 6.42 Å². The molecule has 1 amide bonds. The maximum atomic E-state index is 12.9. The van der Waals surface area contributed by atoms with E-state index in [2.05, 4.69) is 11.9 Å². The average molecular weight is 455 g/mol. The summed E-state index contributed by atoms with van der Waals surface area (Å²) in [6, 6.07) is 0. The summed E-state index contributed by atoms with van der Waals surface area (Å²) in [7, 11) is 0. The second kappa shape index (κ2) is 18.0. The van der Waals surface area contributed by atoms with Crippen molar-refractivity contribution in [1.82, 2.24) is 4.90 Å². The van der Waals surface area contributed by atoms with E-state index in [0.29, 0.717) is 11.3 Å². The summed E-state index contributed by atoms with van der Waals surface area (Å²) in [5.74, 6) is -2.21. The van der Waals surface area contributed by atoms with E-state index in [1.54, 1.807) is 0 Å². The molecule has 31 heavy (non-hydrogen) atoms. The largest absolute Gasteiger partial charge is 1.00 e. The van der Waals surface area contributed by atoms with Gasteiger partial charge in [0.25, 0.3) is 5.91 Å². The molecule has 1 heterocycles. The third kappa shape index (κ3) is 12.9. The normalized spacial score (nSPS) is 15.5. The fraction of sp³-hybridized carbons (Fsp3) is 0.826. The first kappa shape index (κ1) is 30.5. The van der Waals surface area contributed by atoms with Gasteiger partial charge in [-0.25, -0.2) is 4.99 Å². The number of alkyl halides is 3. The number of carbonyl (C=O) groups excluding carboxylic acids is 1. The van der Waals surface area contributed by atoms with Crippen molar-refractivity contribution >= 4 is 11.7 Å². The minimum Gasteiger partial charge on any atom is -0.876 e. The van der Waals surface area contributed by atoms with Gasteiger partial charge in [-0.15, -0.1) is 6.26 Å². The van der Waals surface area contributed by atoms with Gasteiger partial charge in [0.1, 0.15) is 5.70 Å². The van der Waals surface area contributed by atoms with E-state index in [1.165, 1.54) is 70.6 Å². The number of nitrogens with zero attached hydrogens (tertiary/aromatic N) is 2. The number of amidine groups is 1. The molecule has 0 aromatic rings. The van der Waals surface area contributed by atoms with Crippen LogP contribution in [-0.4, -0.2) is 29.4 Å². The van der Waals surface area contributed by atoms with E-state index in [0.717, 1.165) is 25.7 Å². The number of aliphatic imine (C=N–C) groups is 1. The molecule has 0 bridgehead atoms. The van der Waals surface area contributed by atoms with Crippen molar-refractivity contribution in [2.45, 2.75) is 116 Å². The number of amides is 1. The van der Waals surface area contributed by atoms with Crippen LogP contribution in [0.3, 0.4) is 0 Å². The third-order valence-corrected chi connectivity index (χ3v) is 5.55. The van der Waals surface area contributed by atoms with Crippen LogP contribution in [0, 0.1) is 0 Å². The summed E-state index contributed by atoms with van der Waals surface area (Å²) < 4.78 is 38.8. The standard InChI is InChI=1S/C23H39F3N2O2.Na/c1-2-3-4-5-6-7-8-9-10-11-12-13-14-15-16-17-18-28-21(30)20(19-29)27-22(28)23(24,25)26;/h19,29H,2-18H2,1H3;/q;+1/p-1/b20-19+;. The third-order valence-electron chi connectivity index (χ3n) is 5.55. The molecular formula is C23H38F3N2NaO2. The number of rotatable bonds is 17. The fourth-order valence-electron chi connectivity index (χ4n) is 3.78. The second-order valence-corrected chi connectivity index (χ2v) is 8.20. The summed E-state index contributed by atoms with van der Waals surface area (Å²) in [5.41, 5.74) is -0.668. The van der Waals surface area contributed by atoms with Crippen LogP contribution in [0.25, 0.3) is 0 Å². The van der Waals surface area contributed by atoms with Crippen LogP contribution in [-0.2, 0) is 4.79 Å². The molecule has 0 radical (unpaired) electrons. The van der Waals surface area contributed by atoms with Crippen LogP contribution in [0.2, 0.25) is 0 Å². The van der Waals surface area contributed by atoms with Gasteiger partial charge in [-0.1, -0.05) is 103 Å². The first-order chi connectivity index (χ1) is 14.4. The zero-order chi connectivity index (χ0) is 22.2. The first-order valence-corrected chi connectivity index (χ1v) is 11.7. The van der Waals surface area contributed by atoms with Crippen LogP contribution < -0.4 is 34.7 Å². The zero-order valence-corrected chi connectivity index (χ0v) is 21.4. The number of halogens is 3. The van der Waals surface area contributed by atoms with E-state index in [1.807, 2.05) is 0 Å². The van der Waals surface area contributed by atoms with Crippen molar-refractivity contribution in [2.24, 2.45) is 4.99 Å². The summed E-state index contributed by atoms with van der Waals surface area (Å²) in [5, 5.41) is 10.7. The molecular weight excluding hydrogens is 416 g/mol. The average Bonchev–Trinajstić information content (AvgIpc) is 3.03. The van der Waals surface area contributed by atoms with Gasteiger partial charge in [0.2, 0.25) is 5.84 Å². The molecule has 0 saturated heterocycles. The Labute approximate surface area is 208 Å². The molecule has 0 fully saturated rings. The molecule has 1 aliphatic rings. The van der Waals surface area contributed by atoms with Crippen molar-refractivity contribution in [2.75, 3.05) is 6.54 Å². The Morgan fingerprint density at radius 3 is 1.55 bits per heavy atom. The van der Waals surface area contributed by atoms with E-state index < -0.39 is 23.6 Å². The molecule has 0 unspecified atom stereocenters. The molecule has 0 atom stereocenters. The molecule has 0 saturated carbocycles. The van der Waals surface area contributed by atoms with Crippen LogP contribution >= 0.6 is 0 Å². The van der Waals surface area contributed by atoms with Gasteiger partial charge in [0.15, 0.2) is 0 Å². The first-order valence-electron chi connectivity index (χ1n) is 11.7. The molecule has 0 N–H and O–H groups in total. The van der Waals surface area contributed by atoms with Crippen LogP contribution in [0.4, 0.5) is 13.2 Å². The van der Waals surface area contributed by atoms with Crippen molar-refractivity contribution < 1.29 is 52.6 Å². The Morgan fingerprint density at radius 1 is 0.806 bits per heavy atom. The minimum absolute atomic E-state index is 0. The Balaban J connectivity index is 0.00000900. The summed E-state index contributed by atoms with van der Waals surface area (Å²) in [6.07, 6.45) is 14.3. The maximum Gasteiger partial charge on any atom is 1.00 e. The van der Waals surface area contributed by atoms with Gasteiger partial charge >= 0.3 is 35.7 Å². The SMILES string of the molecule is CCCCCCCCCCCCCCCCCCN1C(=O)/C(=C\[O-])N=C1C(F)(F)F.[Na+]. The molecule has 0 aromatic carbocycles. The molecule has 0 aliphatic carbocycles. The Kier molecular flexibility index (Phi) is 17.7. The topological polar surface area (TPSA) is 55.7 Å². The van der Waals surface area contributed by atoms with Crippen LogP contribution in [0.1, 0.15) is 110 Å². The molecule has 0 aromatic heterocycles. The summed E-state index contributed by atoms with van der Waals surface area (Å²) in [6.45, 7) is 2.19. The Morgan fingerprint density at radius 2 is 1.19 bits per heavy atom. The fourth-order valence-corrected chi connectivity index (χ4v) is 3.78. The quantitative estimate of drug-likeness (QED) is 0.147. The van der Waals surface area contributed by atoms with Crippen molar-refractivity contribution in [3.8, 4) is 0 Å². The zero-order valence-electron chi connectivity index (χ0n) is 19.4. The van der Waals surface area contributed by atoms with Crippen molar-refractivity contribution in [3.63, 3.8) is 0 Å². The van der Waals surface area contributed by atoms with Crippen molar-refractivity contribution in [1.29, 1.82) is 0 Å². The molecule has 1 rings (SSSR count). The summed E-state index contributed by atoms with van der Waals surface area (Å²) >= 11 is 0. The molecule has 0 spiro atoms. The van der Waals surface area contributed by atoms with Crippen LogP contribution in [0.5, 0.6) is 0 Å². The van der Waals surface area contributed by atoms with E-state index in [-0.39, 0.29) is 42.4 Å². The number of unbranched alkanes of at least 4 members (excludes halogenated alkanes) is 15. The van der Waals surface area contributed by atoms with E-state index >= 15 is 0 Å². The Hall–Kier alpha value is -0.530.